The van der Waals surface area contributed by atoms with E-state index in [0.29, 0.717) is 6.54 Å². The minimum Gasteiger partial charge on any atom is -0.481 e. The number of rotatable bonds is 2. The number of anilines is 1. The second kappa shape index (κ2) is 3.82. The van der Waals surface area contributed by atoms with Crippen molar-refractivity contribution in [3.63, 3.8) is 0 Å². The van der Waals surface area contributed by atoms with Gasteiger partial charge < -0.3 is 5.11 Å². The summed E-state index contributed by atoms with van der Waals surface area (Å²) < 4.78 is 1.80. The molecule has 1 fully saturated rings. The van der Waals surface area contributed by atoms with E-state index in [4.69, 9.17) is 0 Å². The summed E-state index contributed by atoms with van der Waals surface area (Å²) in [5.74, 6) is -1.18. The smallest absolute Gasteiger partial charge is 0.307 e. The molecule has 1 aliphatic carbocycles. The molecule has 1 aromatic rings. The average Bonchev–Trinajstić information content (AvgIpc) is 2.74. The number of carboxylic acids is 1. The lowest BCUT2D eigenvalue weighted by atomic mass is 10.1. The van der Waals surface area contributed by atoms with Crippen molar-refractivity contribution in [2.24, 2.45) is 17.3 Å². The Morgan fingerprint density at radius 3 is 2.74 bits per heavy atom. The first-order valence-electron chi connectivity index (χ1n) is 6.50. The summed E-state index contributed by atoms with van der Waals surface area (Å²) in [5.41, 5.74) is -0.453. The maximum Gasteiger partial charge on any atom is 0.307 e. The molecule has 1 saturated carbocycles. The SMILES string of the molecule is CC1(C)[C@H](C(=O)O)[C@@H]1C(=O)N1CCCn2nccc21. The van der Waals surface area contributed by atoms with Crippen molar-refractivity contribution in [1.82, 2.24) is 9.78 Å². The molecular formula is C13H17N3O3. The molecule has 0 unspecified atom stereocenters. The highest BCUT2D eigenvalue weighted by atomic mass is 16.4. The van der Waals surface area contributed by atoms with Crippen LogP contribution in [0.3, 0.4) is 0 Å². The van der Waals surface area contributed by atoms with Crippen molar-refractivity contribution < 1.29 is 14.7 Å². The third kappa shape index (κ3) is 1.66. The van der Waals surface area contributed by atoms with E-state index < -0.39 is 23.2 Å². The largest absolute Gasteiger partial charge is 0.481 e. The van der Waals surface area contributed by atoms with Crippen molar-refractivity contribution in [2.45, 2.75) is 26.8 Å². The molecule has 6 nitrogen and oxygen atoms in total. The molecule has 0 saturated heterocycles. The van der Waals surface area contributed by atoms with Gasteiger partial charge in [0.15, 0.2) is 0 Å². The molecule has 0 radical (unpaired) electrons. The van der Waals surface area contributed by atoms with Crippen LogP contribution in [0.2, 0.25) is 0 Å². The fourth-order valence-corrected chi connectivity index (χ4v) is 3.17. The molecule has 1 aliphatic heterocycles. The number of carboxylic acid groups (broad SMARTS) is 1. The van der Waals surface area contributed by atoms with Crippen LogP contribution in [0.4, 0.5) is 5.82 Å². The quantitative estimate of drug-likeness (QED) is 0.863. The summed E-state index contributed by atoms with van der Waals surface area (Å²) in [4.78, 5) is 25.4. The van der Waals surface area contributed by atoms with Gasteiger partial charge in [0, 0.05) is 19.2 Å². The lowest BCUT2D eigenvalue weighted by molar-refractivity contribution is -0.140. The zero-order valence-electron chi connectivity index (χ0n) is 11.0. The molecule has 2 aliphatic rings. The van der Waals surface area contributed by atoms with E-state index in [9.17, 15) is 14.7 Å². The number of hydrogen-bond acceptors (Lipinski definition) is 3. The van der Waals surface area contributed by atoms with Crippen molar-refractivity contribution in [2.75, 3.05) is 11.4 Å². The van der Waals surface area contributed by atoms with Crippen LogP contribution in [-0.4, -0.2) is 33.3 Å². The first-order chi connectivity index (χ1) is 8.94. The van der Waals surface area contributed by atoms with Crippen LogP contribution in [-0.2, 0) is 16.1 Å². The summed E-state index contributed by atoms with van der Waals surface area (Å²) in [6.07, 6.45) is 2.53. The number of nitrogens with zero attached hydrogens (tertiary/aromatic N) is 3. The van der Waals surface area contributed by atoms with E-state index in [1.54, 1.807) is 15.8 Å². The van der Waals surface area contributed by atoms with E-state index in [0.717, 1.165) is 18.8 Å². The van der Waals surface area contributed by atoms with Crippen LogP contribution in [0.15, 0.2) is 12.3 Å². The van der Waals surface area contributed by atoms with Crippen molar-refractivity contribution >= 4 is 17.7 Å². The highest BCUT2D eigenvalue weighted by molar-refractivity contribution is 6.01. The molecule has 0 spiro atoms. The van der Waals surface area contributed by atoms with Gasteiger partial charge in [0.25, 0.3) is 0 Å². The molecule has 102 valence electrons. The number of carbonyl (C=O) groups excluding carboxylic acids is 1. The molecule has 2 heterocycles. The second-order valence-corrected chi connectivity index (χ2v) is 5.87. The number of amides is 1. The standard InChI is InChI=1S/C13H17N3O3/c1-13(2)9(10(13)12(18)19)11(17)15-6-3-7-16-8(15)4-5-14-16/h4-5,9-10H,3,6-7H2,1-2H3,(H,18,19)/t9-,10+/m1/s1. The van der Waals surface area contributed by atoms with E-state index in [1.807, 2.05) is 19.9 Å². The Hall–Kier alpha value is -1.85. The van der Waals surface area contributed by atoms with Crippen molar-refractivity contribution in [1.29, 1.82) is 0 Å². The van der Waals surface area contributed by atoms with Crippen LogP contribution in [0.1, 0.15) is 20.3 Å². The first-order valence-corrected chi connectivity index (χ1v) is 6.50. The highest BCUT2D eigenvalue weighted by Gasteiger charge is 2.66. The maximum absolute atomic E-state index is 12.6. The fraction of sp³-hybridized carbons (Fsp3) is 0.615. The second-order valence-electron chi connectivity index (χ2n) is 5.87. The third-order valence-electron chi connectivity index (χ3n) is 4.35. The molecule has 2 atom stereocenters. The Morgan fingerprint density at radius 1 is 1.37 bits per heavy atom. The molecule has 1 amide bonds. The fourth-order valence-electron chi connectivity index (χ4n) is 3.17. The Kier molecular flexibility index (Phi) is 2.45. The Morgan fingerprint density at radius 2 is 2.11 bits per heavy atom. The van der Waals surface area contributed by atoms with Gasteiger partial charge in [-0.2, -0.15) is 5.10 Å². The van der Waals surface area contributed by atoms with Crippen LogP contribution >= 0.6 is 0 Å². The number of hydrogen-bond donors (Lipinski definition) is 1. The summed E-state index contributed by atoms with van der Waals surface area (Å²) in [7, 11) is 0. The molecule has 1 aromatic heterocycles. The van der Waals surface area contributed by atoms with Crippen LogP contribution < -0.4 is 4.90 Å². The van der Waals surface area contributed by atoms with Crippen molar-refractivity contribution in [3.8, 4) is 0 Å². The zero-order chi connectivity index (χ0) is 13.8. The molecule has 19 heavy (non-hydrogen) atoms. The van der Waals surface area contributed by atoms with Gasteiger partial charge in [-0.3, -0.25) is 14.5 Å². The summed E-state index contributed by atoms with van der Waals surface area (Å²) in [6, 6.07) is 1.81. The van der Waals surface area contributed by atoms with Crippen LogP contribution in [0.5, 0.6) is 0 Å². The predicted molar refractivity (Wildman–Crippen MR) is 67.6 cm³/mol. The average molecular weight is 263 g/mol. The van der Waals surface area contributed by atoms with Crippen LogP contribution in [0, 0.1) is 17.3 Å². The number of aliphatic carboxylic acids is 1. The molecule has 0 aromatic carbocycles. The lowest BCUT2D eigenvalue weighted by Gasteiger charge is -2.28. The van der Waals surface area contributed by atoms with Gasteiger partial charge in [0.1, 0.15) is 5.82 Å². The first kappa shape index (κ1) is 12.2. The zero-order valence-corrected chi connectivity index (χ0v) is 11.0. The normalized spacial score (nSPS) is 27.8. The van der Waals surface area contributed by atoms with Gasteiger partial charge in [0.2, 0.25) is 5.91 Å². The van der Waals surface area contributed by atoms with Gasteiger partial charge in [-0.1, -0.05) is 13.8 Å². The third-order valence-corrected chi connectivity index (χ3v) is 4.35. The highest BCUT2D eigenvalue weighted by Crippen LogP contribution is 2.59. The van der Waals surface area contributed by atoms with Crippen LogP contribution in [0.25, 0.3) is 0 Å². The summed E-state index contributed by atoms with van der Waals surface area (Å²) in [5, 5.41) is 13.3. The van der Waals surface area contributed by atoms with E-state index in [2.05, 4.69) is 5.10 Å². The molecule has 3 rings (SSSR count). The Bertz CT molecular complexity index is 549. The molecular weight excluding hydrogens is 246 g/mol. The summed E-state index contributed by atoms with van der Waals surface area (Å²) >= 11 is 0. The monoisotopic (exact) mass is 263 g/mol. The minimum atomic E-state index is -0.881. The number of aryl methyl sites for hydroxylation is 1. The Balaban J connectivity index is 1.86. The van der Waals surface area contributed by atoms with E-state index in [-0.39, 0.29) is 5.91 Å². The van der Waals surface area contributed by atoms with Gasteiger partial charge in [-0.25, -0.2) is 4.68 Å². The van der Waals surface area contributed by atoms with Gasteiger partial charge in [-0.05, 0) is 11.8 Å². The van der Waals surface area contributed by atoms with E-state index >= 15 is 0 Å². The minimum absolute atomic E-state index is 0.0844. The summed E-state index contributed by atoms with van der Waals surface area (Å²) in [6.45, 7) is 5.14. The number of fused-ring (bicyclic) bond motifs is 1. The van der Waals surface area contributed by atoms with E-state index in [1.165, 1.54) is 0 Å². The topological polar surface area (TPSA) is 75.4 Å². The van der Waals surface area contributed by atoms with Gasteiger partial charge in [-0.15, -0.1) is 0 Å². The number of aromatic nitrogens is 2. The molecule has 6 heteroatoms. The molecule has 0 bridgehead atoms. The Labute approximate surface area is 111 Å². The van der Waals surface area contributed by atoms with Crippen molar-refractivity contribution in [3.05, 3.63) is 12.3 Å². The van der Waals surface area contributed by atoms with Gasteiger partial charge in [0.05, 0.1) is 18.0 Å². The van der Waals surface area contributed by atoms with Gasteiger partial charge >= 0.3 is 5.97 Å². The number of carbonyl (C=O) groups is 2. The molecule has 1 N–H and O–H groups in total. The maximum atomic E-state index is 12.6. The lowest BCUT2D eigenvalue weighted by Crippen LogP contribution is -2.39. The predicted octanol–water partition coefficient (Wildman–Crippen LogP) is 0.977.